The molecule has 1 spiro atoms. The second-order valence-electron chi connectivity index (χ2n) is 9.37. The topological polar surface area (TPSA) is 122 Å². The van der Waals surface area contributed by atoms with Gasteiger partial charge in [-0.3, -0.25) is 29.4 Å². The van der Waals surface area contributed by atoms with Crippen LogP contribution in [0.1, 0.15) is 24.0 Å². The highest BCUT2D eigenvalue weighted by Crippen LogP contribution is 2.61. The highest BCUT2D eigenvalue weighted by atomic mass is 35.5. The summed E-state index contributed by atoms with van der Waals surface area (Å²) in [7, 11) is 1.29. The van der Waals surface area contributed by atoms with E-state index in [1.807, 2.05) is 4.90 Å². The molecule has 2 aromatic carbocycles. The third kappa shape index (κ3) is 2.55. The molecule has 4 aliphatic rings. The van der Waals surface area contributed by atoms with E-state index in [-0.39, 0.29) is 29.1 Å². The maximum Gasteiger partial charge on any atom is 0.311 e. The smallest absolute Gasteiger partial charge is 0.311 e. The summed E-state index contributed by atoms with van der Waals surface area (Å²) in [6.45, 7) is 2.19. The van der Waals surface area contributed by atoms with Crippen molar-refractivity contribution in [1.82, 2.24) is 4.90 Å². The number of carbonyl (C=O) groups excluding carboxylic acids is 3. The first-order valence-electron chi connectivity index (χ1n) is 11.3. The number of methoxy groups -OCH3 is 1. The van der Waals surface area contributed by atoms with Gasteiger partial charge in [0.2, 0.25) is 11.8 Å². The molecule has 1 N–H and O–H groups in total. The minimum atomic E-state index is -1.34. The van der Waals surface area contributed by atoms with Crippen LogP contribution in [0.2, 0.25) is 5.02 Å². The summed E-state index contributed by atoms with van der Waals surface area (Å²) < 4.78 is 5.19. The van der Waals surface area contributed by atoms with E-state index < -0.39 is 34.1 Å². The number of para-hydroxylation sites is 1. The molecule has 4 aliphatic heterocycles. The van der Waals surface area contributed by atoms with Gasteiger partial charge >= 0.3 is 5.69 Å². The highest BCUT2D eigenvalue weighted by Gasteiger charge is 2.74. The van der Waals surface area contributed by atoms with Crippen molar-refractivity contribution in [3.8, 4) is 5.75 Å². The number of nitrogens with one attached hydrogen (secondary N) is 1. The Morgan fingerprint density at radius 3 is 2.71 bits per heavy atom. The van der Waals surface area contributed by atoms with Gasteiger partial charge in [0, 0.05) is 23.7 Å². The van der Waals surface area contributed by atoms with Gasteiger partial charge in [-0.2, -0.15) is 0 Å². The Kier molecular flexibility index (Phi) is 4.56. The Bertz CT molecular complexity index is 1360. The second-order valence-corrected chi connectivity index (χ2v) is 9.78. The van der Waals surface area contributed by atoms with Crippen LogP contribution in [0.5, 0.6) is 5.75 Å². The van der Waals surface area contributed by atoms with Gasteiger partial charge in [0.25, 0.3) is 5.91 Å². The number of imide groups is 1. The van der Waals surface area contributed by atoms with Crippen molar-refractivity contribution in [3.63, 3.8) is 0 Å². The first kappa shape index (κ1) is 22.0. The number of nitrogens with zero attached hydrogens (tertiary/aromatic N) is 3. The zero-order valence-corrected chi connectivity index (χ0v) is 19.7. The lowest BCUT2D eigenvalue weighted by Gasteiger charge is -2.36. The van der Waals surface area contributed by atoms with Gasteiger partial charge in [-0.05, 0) is 37.9 Å². The van der Waals surface area contributed by atoms with Crippen molar-refractivity contribution >= 4 is 46.4 Å². The molecular weight excluding hydrogens is 476 g/mol. The number of carbonyl (C=O) groups is 3. The van der Waals surface area contributed by atoms with Gasteiger partial charge in [-0.25, -0.2) is 4.90 Å². The van der Waals surface area contributed by atoms with Crippen LogP contribution in [0.15, 0.2) is 30.3 Å². The number of nitro benzene ring substituents is 1. The largest absolute Gasteiger partial charge is 0.490 e. The molecule has 3 amide bonds. The SMILES string of the molecule is COc1cc(N2C(=O)[C@@H]3[C@@H]4CCCN4[C@]4(C(=O)Nc5c(Cl)cccc54)[C@H]3C2=O)c(C)cc1[N+](=O)[O-]. The van der Waals surface area contributed by atoms with Crippen LogP contribution < -0.4 is 15.0 Å². The summed E-state index contributed by atoms with van der Waals surface area (Å²) in [5, 5.41) is 14.7. The maximum atomic E-state index is 14.1. The predicted octanol–water partition coefficient (Wildman–Crippen LogP) is 3.00. The number of anilines is 2. The molecule has 0 aliphatic carbocycles. The lowest BCUT2D eigenvalue weighted by molar-refractivity contribution is -0.385. The van der Waals surface area contributed by atoms with E-state index in [0.717, 1.165) is 11.3 Å². The van der Waals surface area contributed by atoms with E-state index in [4.69, 9.17) is 16.3 Å². The number of hydrogen-bond donors (Lipinski definition) is 1. The lowest BCUT2D eigenvalue weighted by atomic mass is 9.75. The monoisotopic (exact) mass is 496 g/mol. The highest BCUT2D eigenvalue weighted by molar-refractivity contribution is 6.35. The van der Waals surface area contributed by atoms with Crippen molar-refractivity contribution < 1.29 is 24.0 Å². The summed E-state index contributed by atoms with van der Waals surface area (Å²) in [4.78, 5) is 55.6. The summed E-state index contributed by atoms with van der Waals surface area (Å²) in [6.07, 6.45) is 1.48. The molecular formula is C24H21ClN4O6. The molecule has 10 nitrogen and oxygen atoms in total. The second kappa shape index (κ2) is 7.25. The van der Waals surface area contributed by atoms with Gasteiger partial charge in [-0.15, -0.1) is 0 Å². The Hall–Kier alpha value is -3.50. The van der Waals surface area contributed by atoms with Gasteiger partial charge in [-0.1, -0.05) is 23.7 Å². The first-order valence-corrected chi connectivity index (χ1v) is 11.7. The number of aryl methyl sites for hydroxylation is 1. The molecule has 0 radical (unpaired) electrons. The minimum absolute atomic E-state index is 0.0544. The molecule has 4 atom stereocenters. The van der Waals surface area contributed by atoms with Crippen molar-refractivity contribution in [1.29, 1.82) is 0 Å². The molecule has 3 fully saturated rings. The van der Waals surface area contributed by atoms with E-state index in [1.54, 1.807) is 25.1 Å². The fourth-order valence-electron chi connectivity index (χ4n) is 6.64. The zero-order valence-electron chi connectivity index (χ0n) is 18.9. The molecule has 0 unspecified atom stereocenters. The van der Waals surface area contributed by atoms with Crippen molar-refractivity contribution in [2.24, 2.45) is 11.8 Å². The fourth-order valence-corrected chi connectivity index (χ4v) is 6.86. The number of hydrogen-bond acceptors (Lipinski definition) is 7. The maximum absolute atomic E-state index is 14.1. The summed E-state index contributed by atoms with van der Waals surface area (Å²) >= 11 is 6.40. The number of fused-ring (bicyclic) bond motifs is 7. The predicted molar refractivity (Wildman–Crippen MR) is 125 cm³/mol. The van der Waals surface area contributed by atoms with Crippen LogP contribution in [0.4, 0.5) is 17.1 Å². The zero-order chi connectivity index (χ0) is 24.8. The average molecular weight is 497 g/mol. The first-order chi connectivity index (χ1) is 16.7. The van der Waals surface area contributed by atoms with Gasteiger partial charge in [0.05, 0.1) is 40.3 Å². The van der Waals surface area contributed by atoms with E-state index in [1.165, 1.54) is 19.2 Å². The Labute approximate surface area is 204 Å². The quantitative estimate of drug-likeness (QED) is 0.393. The molecule has 180 valence electrons. The molecule has 4 heterocycles. The van der Waals surface area contributed by atoms with E-state index in [9.17, 15) is 24.5 Å². The van der Waals surface area contributed by atoms with Crippen LogP contribution in [0, 0.1) is 28.9 Å². The molecule has 6 rings (SSSR count). The number of rotatable bonds is 3. The van der Waals surface area contributed by atoms with E-state index in [0.29, 0.717) is 34.8 Å². The van der Waals surface area contributed by atoms with Crippen molar-refractivity contribution in [2.75, 3.05) is 23.9 Å². The van der Waals surface area contributed by atoms with E-state index in [2.05, 4.69) is 5.32 Å². The third-order valence-corrected chi connectivity index (χ3v) is 8.23. The molecule has 11 heteroatoms. The van der Waals surface area contributed by atoms with Crippen molar-refractivity contribution in [2.45, 2.75) is 31.3 Å². The van der Waals surface area contributed by atoms with Crippen LogP contribution in [0.3, 0.4) is 0 Å². The number of halogens is 1. The molecule has 0 saturated carbocycles. The summed E-state index contributed by atoms with van der Waals surface area (Å²) in [5.74, 6) is -2.99. The fraction of sp³-hybridized carbons (Fsp3) is 0.375. The number of benzene rings is 2. The molecule has 3 saturated heterocycles. The molecule has 2 aromatic rings. The van der Waals surface area contributed by atoms with Crippen LogP contribution in [0.25, 0.3) is 0 Å². The Morgan fingerprint density at radius 1 is 1.23 bits per heavy atom. The van der Waals surface area contributed by atoms with Crippen LogP contribution >= 0.6 is 11.6 Å². The van der Waals surface area contributed by atoms with Crippen LogP contribution in [-0.2, 0) is 19.9 Å². The van der Waals surface area contributed by atoms with E-state index >= 15 is 0 Å². The average Bonchev–Trinajstić information content (AvgIpc) is 3.53. The standard InChI is InChI=1S/C24H21ClN4O6/c1-11-9-16(29(33)34)17(35-2)10-15(11)28-21(30)18-14-7-4-8-27(14)24(19(18)22(28)31)12-5-3-6-13(25)20(12)26-23(24)32/h3,5-6,9-10,14,18-19H,4,7-8H2,1-2H3,(H,26,32)/t14-,18+,19+,24-/m0/s1. The number of ether oxygens (including phenoxy) is 1. The molecule has 0 bridgehead atoms. The van der Waals surface area contributed by atoms with Gasteiger partial charge in [0.1, 0.15) is 5.54 Å². The van der Waals surface area contributed by atoms with Crippen molar-refractivity contribution in [3.05, 3.63) is 56.6 Å². The van der Waals surface area contributed by atoms with Gasteiger partial charge < -0.3 is 10.1 Å². The minimum Gasteiger partial charge on any atom is -0.490 e. The molecule has 0 aromatic heterocycles. The van der Waals surface area contributed by atoms with Gasteiger partial charge in [0.15, 0.2) is 5.75 Å². The lowest BCUT2D eigenvalue weighted by Crippen LogP contribution is -2.54. The van der Waals surface area contributed by atoms with Crippen LogP contribution in [-0.4, -0.2) is 47.2 Å². The third-order valence-electron chi connectivity index (χ3n) is 7.91. The normalized spacial score (nSPS) is 28.9. The Morgan fingerprint density at radius 2 is 2.00 bits per heavy atom. The number of amides is 3. The number of nitro groups is 1. The summed E-state index contributed by atoms with van der Waals surface area (Å²) in [5.41, 5.74) is 0.0850. The summed E-state index contributed by atoms with van der Waals surface area (Å²) in [6, 6.07) is 7.57. The molecule has 35 heavy (non-hydrogen) atoms. The Balaban J connectivity index is 1.54.